The van der Waals surface area contributed by atoms with Crippen molar-refractivity contribution in [2.24, 2.45) is 5.90 Å². The van der Waals surface area contributed by atoms with Gasteiger partial charge < -0.3 is 0 Å². The quantitative estimate of drug-likeness (QED) is 0.551. The van der Waals surface area contributed by atoms with Crippen molar-refractivity contribution in [1.29, 1.82) is 0 Å². The molecule has 0 saturated heterocycles. The van der Waals surface area contributed by atoms with Crippen LogP contribution >= 0.6 is 11.6 Å². The molecule has 0 amide bonds. The first-order valence-electron chi connectivity index (χ1n) is 7.44. The number of hydrogen-bond donors (Lipinski definition) is 1. The fourth-order valence-corrected chi connectivity index (χ4v) is 3.15. The zero-order valence-corrected chi connectivity index (χ0v) is 13.6. The predicted molar refractivity (Wildman–Crippen MR) is 94.2 cm³/mol. The summed E-state index contributed by atoms with van der Waals surface area (Å²) in [5, 5.41) is 0.613. The van der Waals surface area contributed by atoms with Crippen LogP contribution in [0.2, 0.25) is 5.02 Å². The van der Waals surface area contributed by atoms with Gasteiger partial charge in [0, 0.05) is 10.6 Å². The Morgan fingerprint density at radius 3 is 1.96 bits per heavy atom. The highest BCUT2D eigenvalue weighted by atomic mass is 35.5. The molecule has 1 unspecified atom stereocenters. The molecule has 23 heavy (non-hydrogen) atoms. The number of rotatable bonds is 4. The molecule has 0 spiro atoms. The van der Waals surface area contributed by atoms with Gasteiger partial charge in [0.2, 0.25) is 0 Å². The van der Waals surface area contributed by atoms with E-state index in [2.05, 4.69) is 0 Å². The molecule has 0 aliphatic carbocycles. The van der Waals surface area contributed by atoms with Gasteiger partial charge in [0.05, 0.1) is 0 Å². The molecule has 0 aliphatic rings. The van der Waals surface area contributed by atoms with Gasteiger partial charge in [0.1, 0.15) is 0 Å². The number of benzene rings is 3. The lowest BCUT2D eigenvalue weighted by Gasteiger charge is -2.34. The van der Waals surface area contributed by atoms with Crippen molar-refractivity contribution in [2.45, 2.75) is 12.5 Å². The molecular weight excluding hydrogens is 306 g/mol. The van der Waals surface area contributed by atoms with Crippen LogP contribution < -0.4 is 5.90 Å². The topological polar surface area (TPSA) is 35.2 Å². The van der Waals surface area contributed by atoms with Gasteiger partial charge >= 0.3 is 0 Å². The Hall–Kier alpha value is -2.13. The van der Waals surface area contributed by atoms with E-state index in [1.165, 1.54) is 5.56 Å². The van der Waals surface area contributed by atoms with Crippen molar-refractivity contribution in [2.75, 3.05) is 0 Å². The molecule has 116 valence electrons. The van der Waals surface area contributed by atoms with Gasteiger partial charge in [-0.2, -0.15) is 0 Å². The Labute approximate surface area is 141 Å². The van der Waals surface area contributed by atoms with Crippen molar-refractivity contribution in [3.05, 3.63) is 106 Å². The van der Waals surface area contributed by atoms with Crippen LogP contribution in [-0.4, -0.2) is 0 Å². The second-order valence-electron chi connectivity index (χ2n) is 5.51. The minimum Gasteiger partial charge on any atom is -0.283 e. The molecule has 3 aromatic rings. The average Bonchev–Trinajstić information content (AvgIpc) is 2.60. The maximum atomic E-state index is 6.48. The van der Waals surface area contributed by atoms with Gasteiger partial charge in [-0.25, -0.2) is 5.90 Å². The van der Waals surface area contributed by atoms with Gasteiger partial charge in [-0.3, -0.25) is 4.84 Å². The van der Waals surface area contributed by atoms with Crippen molar-refractivity contribution < 1.29 is 4.84 Å². The van der Waals surface area contributed by atoms with Crippen LogP contribution in [0.3, 0.4) is 0 Å². The summed E-state index contributed by atoms with van der Waals surface area (Å²) >= 11 is 6.48. The number of hydrogen-bond acceptors (Lipinski definition) is 2. The van der Waals surface area contributed by atoms with Crippen LogP contribution in [0.5, 0.6) is 0 Å². The third-order valence-corrected chi connectivity index (χ3v) is 4.40. The minimum absolute atomic E-state index is 0.613. The van der Waals surface area contributed by atoms with E-state index in [-0.39, 0.29) is 0 Å². The number of nitrogens with two attached hydrogens (primary N) is 1. The summed E-state index contributed by atoms with van der Waals surface area (Å²) in [6.07, 6.45) is 0. The first-order chi connectivity index (χ1) is 11.2. The van der Waals surface area contributed by atoms with E-state index in [4.69, 9.17) is 22.3 Å². The molecule has 3 heteroatoms. The van der Waals surface area contributed by atoms with E-state index < -0.39 is 5.60 Å². The molecule has 3 rings (SSSR count). The molecule has 1 atom stereocenters. The fourth-order valence-electron chi connectivity index (χ4n) is 2.89. The van der Waals surface area contributed by atoms with Crippen LogP contribution in [0, 0.1) is 6.92 Å². The van der Waals surface area contributed by atoms with Gasteiger partial charge in [-0.1, -0.05) is 90.0 Å². The summed E-state index contributed by atoms with van der Waals surface area (Å²) in [6, 6.07) is 25.7. The Morgan fingerprint density at radius 1 is 0.783 bits per heavy atom. The Kier molecular flexibility index (Phi) is 4.49. The lowest BCUT2D eigenvalue weighted by atomic mass is 9.80. The second kappa shape index (κ2) is 6.55. The van der Waals surface area contributed by atoms with E-state index in [1.807, 2.05) is 85.8 Å². The summed E-state index contributed by atoms with van der Waals surface area (Å²) in [5.41, 5.74) is 2.91. The molecule has 0 bridgehead atoms. The van der Waals surface area contributed by atoms with Crippen molar-refractivity contribution in [3.8, 4) is 0 Å². The molecule has 0 radical (unpaired) electrons. The first-order valence-corrected chi connectivity index (χ1v) is 7.82. The summed E-state index contributed by atoms with van der Waals surface area (Å²) in [5.74, 6) is 5.85. The molecule has 2 nitrogen and oxygen atoms in total. The van der Waals surface area contributed by atoms with Gasteiger partial charge in [-0.15, -0.1) is 0 Å². The second-order valence-corrected chi connectivity index (χ2v) is 5.92. The maximum absolute atomic E-state index is 6.48. The zero-order valence-electron chi connectivity index (χ0n) is 12.9. The van der Waals surface area contributed by atoms with E-state index >= 15 is 0 Å². The Balaban J connectivity index is 2.33. The smallest absolute Gasteiger partial charge is 0.166 e. The van der Waals surface area contributed by atoms with Crippen molar-refractivity contribution in [1.82, 2.24) is 0 Å². The average molecular weight is 324 g/mol. The summed E-state index contributed by atoms with van der Waals surface area (Å²) < 4.78 is 0. The highest BCUT2D eigenvalue weighted by Crippen LogP contribution is 2.42. The molecule has 0 aromatic heterocycles. The fraction of sp³-hybridized carbons (Fsp3) is 0.100. The molecule has 0 aliphatic heterocycles. The highest BCUT2D eigenvalue weighted by molar-refractivity contribution is 6.31. The van der Waals surface area contributed by atoms with Crippen molar-refractivity contribution in [3.63, 3.8) is 0 Å². The molecule has 2 N–H and O–H groups in total. The predicted octanol–water partition coefficient (Wildman–Crippen LogP) is 4.83. The molecular formula is C20H18ClNO. The molecule has 0 heterocycles. The van der Waals surface area contributed by atoms with Gasteiger partial charge in [0.25, 0.3) is 0 Å². The largest absolute Gasteiger partial charge is 0.283 e. The number of aryl methyl sites for hydroxylation is 1. The van der Waals surface area contributed by atoms with Gasteiger partial charge in [-0.05, 0) is 24.1 Å². The van der Waals surface area contributed by atoms with Crippen LogP contribution in [0.15, 0.2) is 78.9 Å². The third-order valence-electron chi connectivity index (χ3n) is 4.07. The van der Waals surface area contributed by atoms with E-state index in [0.29, 0.717) is 5.02 Å². The standard InChI is InChI=1S/C20H18ClNO/c1-15-11-13-17(14-12-15)20(23-22,16-7-3-2-4-8-16)18-9-5-6-10-19(18)21/h2-14H,22H2,1H3. The third kappa shape index (κ3) is 2.77. The summed E-state index contributed by atoms with van der Waals surface area (Å²) in [7, 11) is 0. The number of halogens is 1. The lowest BCUT2D eigenvalue weighted by molar-refractivity contribution is 0.0118. The van der Waals surface area contributed by atoms with E-state index in [1.54, 1.807) is 0 Å². The van der Waals surface area contributed by atoms with Crippen molar-refractivity contribution >= 4 is 11.6 Å². The van der Waals surface area contributed by atoms with Crippen LogP contribution in [0.4, 0.5) is 0 Å². The monoisotopic (exact) mass is 323 g/mol. The lowest BCUT2D eigenvalue weighted by Crippen LogP contribution is -2.35. The summed E-state index contributed by atoms with van der Waals surface area (Å²) in [4.78, 5) is 5.63. The maximum Gasteiger partial charge on any atom is 0.166 e. The Bertz CT molecular complexity index is 786. The Morgan fingerprint density at radius 2 is 1.35 bits per heavy atom. The normalized spacial score (nSPS) is 13.5. The minimum atomic E-state index is -0.951. The zero-order chi connectivity index (χ0) is 16.3. The summed E-state index contributed by atoms with van der Waals surface area (Å²) in [6.45, 7) is 2.05. The van der Waals surface area contributed by atoms with Crippen LogP contribution in [-0.2, 0) is 10.4 Å². The van der Waals surface area contributed by atoms with Crippen LogP contribution in [0.1, 0.15) is 22.3 Å². The van der Waals surface area contributed by atoms with Crippen LogP contribution in [0.25, 0.3) is 0 Å². The first kappa shape index (κ1) is 15.8. The molecule has 0 saturated carbocycles. The van der Waals surface area contributed by atoms with E-state index in [9.17, 15) is 0 Å². The molecule has 0 fully saturated rings. The highest BCUT2D eigenvalue weighted by Gasteiger charge is 2.39. The molecule has 3 aromatic carbocycles. The SMILES string of the molecule is Cc1ccc(C(ON)(c2ccccc2)c2ccccc2Cl)cc1. The van der Waals surface area contributed by atoms with E-state index in [0.717, 1.165) is 16.7 Å². The van der Waals surface area contributed by atoms with Gasteiger partial charge in [0.15, 0.2) is 5.60 Å².